The predicted octanol–water partition coefficient (Wildman–Crippen LogP) is 2.00. The molecule has 1 aliphatic heterocycles. The smallest absolute Gasteiger partial charge is 0.243 e. The van der Waals surface area contributed by atoms with E-state index in [4.69, 9.17) is 0 Å². The molecular formula is C12H16BrN5. The lowest BCUT2D eigenvalue weighted by Crippen LogP contribution is -2.26. The van der Waals surface area contributed by atoms with E-state index in [1.165, 1.54) is 25.9 Å². The summed E-state index contributed by atoms with van der Waals surface area (Å²) >= 11 is 3.47. The number of hydrogen-bond donors (Lipinski definition) is 1. The van der Waals surface area contributed by atoms with Gasteiger partial charge in [-0.1, -0.05) is 0 Å². The summed E-state index contributed by atoms with van der Waals surface area (Å²) in [5.74, 6) is 0.695. The zero-order valence-electron chi connectivity index (χ0n) is 10.1. The Hall–Kier alpha value is -1.14. The maximum absolute atomic E-state index is 4.45. The van der Waals surface area contributed by atoms with Gasteiger partial charge in [-0.3, -0.25) is 0 Å². The summed E-state index contributed by atoms with van der Waals surface area (Å²) in [4.78, 5) is 6.92. The van der Waals surface area contributed by atoms with Crippen LogP contribution in [0, 0.1) is 0 Å². The molecule has 3 heterocycles. The van der Waals surface area contributed by atoms with E-state index in [1.54, 1.807) is 4.52 Å². The van der Waals surface area contributed by atoms with E-state index in [0.717, 1.165) is 23.2 Å². The van der Waals surface area contributed by atoms with Crippen molar-refractivity contribution in [3.63, 3.8) is 0 Å². The van der Waals surface area contributed by atoms with E-state index >= 15 is 0 Å². The zero-order valence-corrected chi connectivity index (χ0v) is 11.7. The van der Waals surface area contributed by atoms with Crippen molar-refractivity contribution in [3.05, 3.63) is 22.8 Å². The molecular weight excluding hydrogens is 294 g/mol. The minimum Gasteiger partial charge on any atom is -0.352 e. The van der Waals surface area contributed by atoms with Crippen LogP contribution in [-0.4, -0.2) is 45.7 Å². The number of rotatable bonds is 4. The lowest BCUT2D eigenvalue weighted by molar-refractivity contribution is 0.352. The first-order valence-electron chi connectivity index (χ1n) is 6.30. The predicted molar refractivity (Wildman–Crippen MR) is 74.9 cm³/mol. The number of anilines is 1. The van der Waals surface area contributed by atoms with Crippen LogP contribution in [-0.2, 0) is 0 Å². The van der Waals surface area contributed by atoms with E-state index in [-0.39, 0.29) is 0 Å². The minimum absolute atomic E-state index is 0.695. The molecule has 1 aliphatic rings. The van der Waals surface area contributed by atoms with Gasteiger partial charge in [0.1, 0.15) is 0 Å². The van der Waals surface area contributed by atoms with E-state index in [2.05, 4.69) is 36.2 Å². The maximum Gasteiger partial charge on any atom is 0.243 e. The van der Waals surface area contributed by atoms with Crippen LogP contribution < -0.4 is 5.32 Å². The highest BCUT2D eigenvalue weighted by Crippen LogP contribution is 2.16. The van der Waals surface area contributed by atoms with Crippen molar-refractivity contribution in [2.45, 2.75) is 12.8 Å². The number of hydrogen-bond acceptors (Lipinski definition) is 4. The number of aromatic nitrogens is 3. The van der Waals surface area contributed by atoms with Gasteiger partial charge in [-0.2, -0.15) is 4.98 Å². The molecule has 0 aliphatic carbocycles. The number of fused-ring (bicyclic) bond motifs is 1. The third kappa shape index (κ3) is 2.49. The molecule has 0 bridgehead atoms. The standard InChI is InChI=1S/C12H16BrN5/c13-10-4-3-8-18-11(10)15-12(16-18)14-5-9-17-6-1-2-7-17/h3-4,8H,1-2,5-7,9H2,(H,14,16). The molecule has 0 aromatic carbocycles. The molecule has 18 heavy (non-hydrogen) atoms. The first-order valence-corrected chi connectivity index (χ1v) is 7.09. The van der Waals surface area contributed by atoms with E-state index in [9.17, 15) is 0 Å². The number of nitrogens with zero attached hydrogens (tertiary/aromatic N) is 4. The van der Waals surface area contributed by atoms with Crippen molar-refractivity contribution in [1.82, 2.24) is 19.5 Å². The molecule has 3 rings (SSSR count). The van der Waals surface area contributed by atoms with Crippen LogP contribution in [0.15, 0.2) is 22.8 Å². The summed E-state index contributed by atoms with van der Waals surface area (Å²) in [7, 11) is 0. The summed E-state index contributed by atoms with van der Waals surface area (Å²) in [6.07, 6.45) is 4.57. The van der Waals surface area contributed by atoms with E-state index in [1.807, 2.05) is 18.3 Å². The second-order valence-corrected chi connectivity index (χ2v) is 5.39. The quantitative estimate of drug-likeness (QED) is 0.938. The van der Waals surface area contributed by atoms with Crippen molar-refractivity contribution >= 4 is 27.5 Å². The van der Waals surface area contributed by atoms with Crippen molar-refractivity contribution in [2.24, 2.45) is 0 Å². The SMILES string of the molecule is Brc1cccn2nc(NCCN3CCCC3)nc12. The van der Waals surface area contributed by atoms with Crippen LogP contribution >= 0.6 is 15.9 Å². The van der Waals surface area contributed by atoms with E-state index < -0.39 is 0 Å². The maximum atomic E-state index is 4.45. The fourth-order valence-corrected chi connectivity index (χ4v) is 2.70. The zero-order chi connectivity index (χ0) is 12.4. The fraction of sp³-hybridized carbons (Fsp3) is 0.500. The summed E-state index contributed by atoms with van der Waals surface area (Å²) in [6, 6.07) is 3.91. The Balaban J connectivity index is 1.62. The normalized spacial score (nSPS) is 16.5. The molecule has 6 heteroatoms. The van der Waals surface area contributed by atoms with Crippen molar-refractivity contribution in [2.75, 3.05) is 31.5 Å². The average Bonchev–Trinajstić information content (AvgIpc) is 2.98. The number of likely N-dealkylation sites (tertiary alicyclic amines) is 1. The molecule has 0 atom stereocenters. The summed E-state index contributed by atoms with van der Waals surface area (Å²) in [5.41, 5.74) is 0.848. The highest BCUT2D eigenvalue weighted by Gasteiger charge is 2.11. The van der Waals surface area contributed by atoms with Gasteiger partial charge in [-0.05, 0) is 54.0 Å². The Kier molecular flexibility index (Phi) is 3.47. The van der Waals surface area contributed by atoms with Crippen LogP contribution in [0.3, 0.4) is 0 Å². The van der Waals surface area contributed by atoms with Crippen LogP contribution in [0.1, 0.15) is 12.8 Å². The van der Waals surface area contributed by atoms with Gasteiger partial charge < -0.3 is 10.2 Å². The first-order chi connectivity index (χ1) is 8.83. The lowest BCUT2D eigenvalue weighted by Gasteiger charge is -2.13. The average molecular weight is 310 g/mol. The van der Waals surface area contributed by atoms with Gasteiger partial charge in [0.05, 0.1) is 4.47 Å². The molecule has 2 aromatic heterocycles. The van der Waals surface area contributed by atoms with Gasteiger partial charge in [0.15, 0.2) is 5.65 Å². The molecule has 1 fully saturated rings. The molecule has 1 N–H and O–H groups in total. The van der Waals surface area contributed by atoms with E-state index in [0.29, 0.717) is 5.95 Å². The van der Waals surface area contributed by atoms with Crippen molar-refractivity contribution in [3.8, 4) is 0 Å². The molecule has 0 spiro atoms. The second-order valence-electron chi connectivity index (χ2n) is 4.54. The van der Waals surface area contributed by atoms with Gasteiger partial charge >= 0.3 is 0 Å². The van der Waals surface area contributed by atoms with Crippen LogP contribution in [0.2, 0.25) is 0 Å². The van der Waals surface area contributed by atoms with Gasteiger partial charge in [-0.25, -0.2) is 4.52 Å². The Labute approximate surface area is 114 Å². The molecule has 0 unspecified atom stereocenters. The molecule has 96 valence electrons. The van der Waals surface area contributed by atoms with Gasteiger partial charge in [-0.15, -0.1) is 5.10 Å². The van der Waals surface area contributed by atoms with Crippen LogP contribution in [0.25, 0.3) is 5.65 Å². The highest BCUT2D eigenvalue weighted by atomic mass is 79.9. The Bertz CT molecular complexity index is 532. The molecule has 0 saturated carbocycles. The molecule has 5 nitrogen and oxygen atoms in total. The Morgan fingerprint density at radius 1 is 1.33 bits per heavy atom. The lowest BCUT2D eigenvalue weighted by atomic mass is 10.4. The summed E-state index contributed by atoms with van der Waals surface area (Å²) in [6.45, 7) is 4.42. The molecule has 1 saturated heterocycles. The molecule has 2 aromatic rings. The number of nitrogens with one attached hydrogen (secondary N) is 1. The minimum atomic E-state index is 0.695. The van der Waals surface area contributed by atoms with Gasteiger partial charge in [0.2, 0.25) is 5.95 Å². The monoisotopic (exact) mass is 309 g/mol. The van der Waals surface area contributed by atoms with Gasteiger partial charge in [0.25, 0.3) is 0 Å². The summed E-state index contributed by atoms with van der Waals surface area (Å²) in [5, 5.41) is 7.67. The molecule has 0 radical (unpaired) electrons. The van der Waals surface area contributed by atoms with Crippen LogP contribution in [0.5, 0.6) is 0 Å². The topological polar surface area (TPSA) is 45.5 Å². The second kappa shape index (κ2) is 5.24. The third-order valence-corrected chi connectivity index (χ3v) is 3.84. The van der Waals surface area contributed by atoms with Gasteiger partial charge in [0, 0.05) is 19.3 Å². The van der Waals surface area contributed by atoms with Crippen molar-refractivity contribution in [1.29, 1.82) is 0 Å². The fourth-order valence-electron chi connectivity index (χ4n) is 2.28. The Morgan fingerprint density at radius 3 is 2.94 bits per heavy atom. The summed E-state index contributed by atoms with van der Waals surface area (Å²) < 4.78 is 2.74. The number of halogens is 1. The first kappa shape index (κ1) is 11.9. The number of pyridine rings is 1. The Morgan fingerprint density at radius 2 is 2.17 bits per heavy atom. The van der Waals surface area contributed by atoms with Crippen molar-refractivity contribution < 1.29 is 0 Å². The molecule has 0 amide bonds. The largest absolute Gasteiger partial charge is 0.352 e. The third-order valence-electron chi connectivity index (χ3n) is 3.22. The van der Waals surface area contributed by atoms with Crippen LogP contribution in [0.4, 0.5) is 5.95 Å². The highest BCUT2D eigenvalue weighted by molar-refractivity contribution is 9.10.